The van der Waals surface area contributed by atoms with Gasteiger partial charge in [-0.25, -0.2) is 4.63 Å². The summed E-state index contributed by atoms with van der Waals surface area (Å²) in [6.45, 7) is 2.69. The van der Waals surface area contributed by atoms with E-state index >= 15 is 0 Å². The number of fused-ring (bicyclic) bond motifs is 1. The lowest BCUT2D eigenvalue weighted by molar-refractivity contribution is -0.132. The number of nitrogen functional groups attached to an aromatic ring is 1. The number of carbonyl (C=O) groups is 2. The predicted octanol–water partition coefficient (Wildman–Crippen LogP) is 1.85. The monoisotopic (exact) mass is 399 g/mol. The van der Waals surface area contributed by atoms with E-state index < -0.39 is 5.60 Å². The van der Waals surface area contributed by atoms with Crippen LogP contribution in [0.2, 0.25) is 0 Å². The number of nitrogens with zero attached hydrogens (tertiary/aromatic N) is 4. The van der Waals surface area contributed by atoms with Gasteiger partial charge in [0.05, 0.1) is 6.54 Å². The minimum atomic E-state index is -0.451. The first-order chi connectivity index (χ1) is 13.9. The Kier molecular flexibility index (Phi) is 4.89. The summed E-state index contributed by atoms with van der Waals surface area (Å²) in [6.07, 6.45) is 2.97. The molecule has 1 aliphatic carbocycles. The maximum absolute atomic E-state index is 12.7. The van der Waals surface area contributed by atoms with Crippen molar-refractivity contribution in [2.45, 2.75) is 50.8 Å². The summed E-state index contributed by atoms with van der Waals surface area (Å²) in [5.74, 6) is 0.561. The van der Waals surface area contributed by atoms with Gasteiger partial charge in [0.25, 0.3) is 5.91 Å². The molecule has 9 heteroatoms. The fourth-order valence-corrected chi connectivity index (χ4v) is 4.28. The van der Waals surface area contributed by atoms with Crippen molar-refractivity contribution in [3.8, 4) is 5.75 Å². The molecule has 0 bridgehead atoms. The SMILES string of the molecule is CC(=O)N1Cc2ccccc2OC2(CCC(N(C)C(=O)c3nonc3N)CC2)C1. The first kappa shape index (κ1) is 19.2. The number of anilines is 1. The molecule has 1 fully saturated rings. The minimum absolute atomic E-state index is 0.00469. The molecule has 4 rings (SSSR count). The molecular formula is C20H25N5O4. The molecule has 154 valence electrons. The number of carbonyl (C=O) groups excluding carboxylic acids is 2. The summed E-state index contributed by atoms with van der Waals surface area (Å²) >= 11 is 0. The van der Waals surface area contributed by atoms with Gasteiger partial charge in [0.15, 0.2) is 0 Å². The highest BCUT2D eigenvalue weighted by molar-refractivity contribution is 5.96. The van der Waals surface area contributed by atoms with E-state index in [1.165, 1.54) is 0 Å². The first-order valence-corrected chi connectivity index (χ1v) is 9.76. The number of ether oxygens (including phenoxy) is 1. The molecule has 2 heterocycles. The van der Waals surface area contributed by atoms with Crippen LogP contribution >= 0.6 is 0 Å². The van der Waals surface area contributed by atoms with Gasteiger partial charge in [-0.3, -0.25) is 9.59 Å². The van der Waals surface area contributed by atoms with E-state index in [1.807, 2.05) is 29.2 Å². The zero-order valence-corrected chi connectivity index (χ0v) is 16.6. The Hall–Kier alpha value is -3.10. The maximum Gasteiger partial charge on any atom is 0.280 e. The summed E-state index contributed by atoms with van der Waals surface area (Å²) in [4.78, 5) is 28.3. The predicted molar refractivity (Wildman–Crippen MR) is 104 cm³/mol. The molecule has 2 aliphatic rings. The molecule has 2 amide bonds. The average molecular weight is 399 g/mol. The van der Waals surface area contributed by atoms with Crippen LogP contribution in [0.25, 0.3) is 0 Å². The second-order valence-corrected chi connectivity index (χ2v) is 7.91. The highest BCUT2D eigenvalue weighted by Crippen LogP contribution is 2.39. The summed E-state index contributed by atoms with van der Waals surface area (Å²) in [6, 6.07) is 7.89. The van der Waals surface area contributed by atoms with Crippen LogP contribution in [0.15, 0.2) is 28.9 Å². The van der Waals surface area contributed by atoms with E-state index in [9.17, 15) is 9.59 Å². The summed E-state index contributed by atoms with van der Waals surface area (Å²) in [7, 11) is 1.74. The van der Waals surface area contributed by atoms with E-state index in [0.29, 0.717) is 13.1 Å². The van der Waals surface area contributed by atoms with Gasteiger partial charge in [-0.1, -0.05) is 18.2 Å². The molecule has 2 aromatic rings. The Morgan fingerprint density at radius 1 is 1.24 bits per heavy atom. The molecule has 0 radical (unpaired) electrons. The van der Waals surface area contributed by atoms with Gasteiger partial charge < -0.3 is 20.3 Å². The molecule has 0 unspecified atom stereocenters. The minimum Gasteiger partial charge on any atom is -0.485 e. The van der Waals surface area contributed by atoms with Crippen LogP contribution in [0.5, 0.6) is 5.75 Å². The van der Waals surface area contributed by atoms with Crippen molar-refractivity contribution in [1.29, 1.82) is 0 Å². The number of amides is 2. The molecule has 1 aliphatic heterocycles. The van der Waals surface area contributed by atoms with Crippen LogP contribution in [-0.4, -0.2) is 57.2 Å². The summed E-state index contributed by atoms with van der Waals surface area (Å²) < 4.78 is 11.0. The van der Waals surface area contributed by atoms with Gasteiger partial charge in [0.2, 0.25) is 17.4 Å². The van der Waals surface area contributed by atoms with Crippen molar-refractivity contribution in [2.75, 3.05) is 19.3 Å². The fourth-order valence-electron chi connectivity index (χ4n) is 4.28. The third kappa shape index (κ3) is 3.64. The van der Waals surface area contributed by atoms with E-state index in [1.54, 1.807) is 18.9 Å². The van der Waals surface area contributed by atoms with E-state index in [-0.39, 0.29) is 29.4 Å². The molecule has 9 nitrogen and oxygen atoms in total. The highest BCUT2D eigenvalue weighted by Gasteiger charge is 2.43. The van der Waals surface area contributed by atoms with Crippen molar-refractivity contribution >= 4 is 17.6 Å². The van der Waals surface area contributed by atoms with Crippen LogP contribution in [0.3, 0.4) is 0 Å². The standard InChI is InChI=1S/C20H25N5O4/c1-13(26)25-11-14-5-3-4-6-16(14)28-20(12-25)9-7-15(8-10-20)24(2)19(27)17-18(21)23-29-22-17/h3-6,15H,7-12H2,1-2H3,(H2,21,23). The third-order valence-corrected chi connectivity index (χ3v) is 6.04. The molecule has 1 saturated carbocycles. The first-order valence-electron chi connectivity index (χ1n) is 9.76. The topological polar surface area (TPSA) is 115 Å². The van der Waals surface area contributed by atoms with Gasteiger partial charge in [-0.05, 0) is 42.1 Å². The second kappa shape index (κ2) is 7.38. The van der Waals surface area contributed by atoms with E-state index in [2.05, 4.69) is 14.9 Å². The Balaban J connectivity index is 1.50. The third-order valence-electron chi connectivity index (χ3n) is 6.04. The van der Waals surface area contributed by atoms with Crippen molar-refractivity contribution in [1.82, 2.24) is 20.1 Å². The molecule has 29 heavy (non-hydrogen) atoms. The van der Waals surface area contributed by atoms with E-state index in [0.717, 1.165) is 37.0 Å². The van der Waals surface area contributed by atoms with Gasteiger partial charge >= 0.3 is 0 Å². The van der Waals surface area contributed by atoms with Crippen molar-refractivity contribution in [3.05, 3.63) is 35.5 Å². The number of nitrogens with two attached hydrogens (primary N) is 1. The quantitative estimate of drug-likeness (QED) is 0.819. The molecule has 0 atom stereocenters. The molecule has 1 spiro atoms. The largest absolute Gasteiger partial charge is 0.485 e. The summed E-state index contributed by atoms with van der Waals surface area (Å²) in [5, 5.41) is 7.09. The number of hydrogen-bond donors (Lipinski definition) is 1. The molecule has 1 aromatic carbocycles. The lowest BCUT2D eigenvalue weighted by atomic mass is 9.81. The number of para-hydroxylation sites is 1. The highest BCUT2D eigenvalue weighted by atomic mass is 16.6. The molecule has 2 N–H and O–H groups in total. The number of benzene rings is 1. The molecule has 0 saturated heterocycles. The zero-order valence-electron chi connectivity index (χ0n) is 16.6. The second-order valence-electron chi connectivity index (χ2n) is 7.91. The van der Waals surface area contributed by atoms with Gasteiger partial charge in [0, 0.05) is 32.1 Å². The van der Waals surface area contributed by atoms with Crippen molar-refractivity contribution in [2.24, 2.45) is 0 Å². The Bertz CT molecular complexity index is 919. The Morgan fingerprint density at radius 3 is 2.62 bits per heavy atom. The lowest BCUT2D eigenvalue weighted by Crippen LogP contribution is -2.52. The van der Waals surface area contributed by atoms with Gasteiger partial charge in [0.1, 0.15) is 11.4 Å². The van der Waals surface area contributed by atoms with Crippen LogP contribution < -0.4 is 10.5 Å². The molecule has 1 aromatic heterocycles. The number of hydrogen-bond acceptors (Lipinski definition) is 7. The van der Waals surface area contributed by atoms with Crippen LogP contribution in [0.1, 0.15) is 48.7 Å². The lowest BCUT2D eigenvalue weighted by Gasteiger charge is -2.43. The Morgan fingerprint density at radius 2 is 1.97 bits per heavy atom. The summed E-state index contributed by atoms with van der Waals surface area (Å²) in [5.41, 5.74) is 6.26. The smallest absolute Gasteiger partial charge is 0.280 e. The average Bonchev–Trinajstić information content (AvgIpc) is 3.06. The maximum atomic E-state index is 12.7. The Labute approximate surface area is 168 Å². The zero-order chi connectivity index (χ0) is 20.6. The van der Waals surface area contributed by atoms with Crippen LogP contribution in [0.4, 0.5) is 5.82 Å². The number of aromatic nitrogens is 2. The van der Waals surface area contributed by atoms with Crippen LogP contribution in [-0.2, 0) is 11.3 Å². The van der Waals surface area contributed by atoms with Crippen molar-refractivity contribution < 1.29 is 19.0 Å². The normalized spacial score (nSPS) is 23.8. The van der Waals surface area contributed by atoms with Gasteiger partial charge in [-0.2, -0.15) is 0 Å². The number of rotatable bonds is 2. The van der Waals surface area contributed by atoms with Crippen LogP contribution in [0, 0.1) is 0 Å². The van der Waals surface area contributed by atoms with Crippen molar-refractivity contribution in [3.63, 3.8) is 0 Å². The van der Waals surface area contributed by atoms with E-state index in [4.69, 9.17) is 10.5 Å². The molecular weight excluding hydrogens is 374 g/mol. The fraction of sp³-hybridized carbons (Fsp3) is 0.500. The van der Waals surface area contributed by atoms with Gasteiger partial charge in [-0.15, -0.1) is 0 Å².